The first kappa shape index (κ1) is 14.9. The summed E-state index contributed by atoms with van der Waals surface area (Å²) in [5.41, 5.74) is 5.14. The maximum absolute atomic E-state index is 13.9. The molecule has 0 heterocycles. The van der Waals surface area contributed by atoms with Crippen LogP contribution in [0, 0.1) is 5.82 Å². The van der Waals surface area contributed by atoms with Gasteiger partial charge in [-0.3, -0.25) is 9.69 Å². The van der Waals surface area contributed by atoms with E-state index in [4.69, 9.17) is 5.73 Å². The topological polar surface area (TPSA) is 66.6 Å². The summed E-state index contributed by atoms with van der Waals surface area (Å²) in [7, 11) is 1.86. The molecule has 0 saturated heterocycles. The van der Waals surface area contributed by atoms with E-state index in [0.29, 0.717) is 18.7 Å². The Bertz CT molecular complexity index is 499. The Balaban J connectivity index is 2.00. The van der Waals surface area contributed by atoms with Gasteiger partial charge in [0.25, 0.3) is 0 Å². The second-order valence-corrected chi connectivity index (χ2v) is 5.77. The van der Waals surface area contributed by atoms with Crippen molar-refractivity contribution in [3.05, 3.63) is 35.1 Å². The number of aliphatic hydroxyl groups is 1. The number of rotatable bonds is 5. The molecule has 1 aliphatic rings. The molecule has 3 N–H and O–H groups in total. The van der Waals surface area contributed by atoms with Gasteiger partial charge >= 0.3 is 0 Å². The van der Waals surface area contributed by atoms with E-state index in [1.54, 1.807) is 6.07 Å². The van der Waals surface area contributed by atoms with Crippen molar-refractivity contribution in [1.82, 2.24) is 4.90 Å². The van der Waals surface area contributed by atoms with E-state index in [2.05, 4.69) is 0 Å². The van der Waals surface area contributed by atoms with Crippen molar-refractivity contribution in [3.63, 3.8) is 0 Å². The van der Waals surface area contributed by atoms with Crippen LogP contribution in [0.1, 0.15) is 41.6 Å². The Labute approximate surface area is 118 Å². The number of likely N-dealkylation sites (N-methyl/N-ethyl adjacent to an activating group) is 1. The molecule has 0 radical (unpaired) electrons. The number of hydrogen-bond donors (Lipinski definition) is 2. The lowest BCUT2D eigenvalue weighted by Gasteiger charge is -2.28. The number of primary amides is 1. The molecule has 2 rings (SSSR count). The van der Waals surface area contributed by atoms with Gasteiger partial charge in [0.2, 0.25) is 5.91 Å². The fourth-order valence-corrected chi connectivity index (χ4v) is 2.87. The van der Waals surface area contributed by atoms with Crippen LogP contribution in [0.15, 0.2) is 18.2 Å². The second kappa shape index (κ2) is 5.89. The minimum atomic E-state index is -0.640. The molecule has 5 heteroatoms. The number of nitrogens with two attached hydrogens (primary N) is 1. The molecule has 1 aromatic carbocycles. The van der Waals surface area contributed by atoms with Crippen molar-refractivity contribution in [1.29, 1.82) is 0 Å². The molecule has 0 unspecified atom stereocenters. The Morgan fingerprint density at radius 3 is 2.65 bits per heavy atom. The molecule has 0 aliphatic heterocycles. The lowest BCUT2D eigenvalue weighted by atomic mass is 10.0. The standard InChI is InChI=1S/C15H21FN2O2/c1-18(10-15(20)6-2-3-7-15)9-12-5-4-11(14(17)19)8-13(12)16/h4-5,8,20H,2-3,6-7,9-10H2,1H3,(H2,17,19). The number of benzene rings is 1. The van der Waals surface area contributed by atoms with Crippen LogP contribution in [0.2, 0.25) is 0 Å². The van der Waals surface area contributed by atoms with Gasteiger partial charge in [-0.2, -0.15) is 0 Å². The zero-order chi connectivity index (χ0) is 14.8. The number of carbonyl (C=O) groups is 1. The second-order valence-electron chi connectivity index (χ2n) is 5.77. The van der Waals surface area contributed by atoms with E-state index in [1.807, 2.05) is 11.9 Å². The fraction of sp³-hybridized carbons (Fsp3) is 0.533. The maximum Gasteiger partial charge on any atom is 0.248 e. The summed E-state index contributed by atoms with van der Waals surface area (Å²) in [6.45, 7) is 0.928. The molecular weight excluding hydrogens is 259 g/mol. The highest BCUT2D eigenvalue weighted by atomic mass is 19.1. The van der Waals surface area contributed by atoms with Gasteiger partial charge in [0.05, 0.1) is 5.60 Å². The third-order valence-corrected chi connectivity index (χ3v) is 3.88. The van der Waals surface area contributed by atoms with Crippen LogP contribution in [0.25, 0.3) is 0 Å². The van der Waals surface area contributed by atoms with Crippen molar-refractivity contribution in [3.8, 4) is 0 Å². The largest absolute Gasteiger partial charge is 0.389 e. The molecule has 1 saturated carbocycles. The molecule has 0 bridgehead atoms. The van der Waals surface area contributed by atoms with Gasteiger partial charge in [0, 0.05) is 24.2 Å². The van der Waals surface area contributed by atoms with Gasteiger partial charge in [-0.05, 0) is 32.0 Å². The molecule has 1 aliphatic carbocycles. The molecule has 1 aromatic rings. The van der Waals surface area contributed by atoms with Crippen molar-refractivity contribution < 1.29 is 14.3 Å². The molecular formula is C15H21FN2O2. The van der Waals surface area contributed by atoms with E-state index in [9.17, 15) is 14.3 Å². The van der Waals surface area contributed by atoms with Gasteiger partial charge in [-0.1, -0.05) is 18.9 Å². The van der Waals surface area contributed by atoms with Crippen molar-refractivity contribution in [2.75, 3.05) is 13.6 Å². The van der Waals surface area contributed by atoms with Gasteiger partial charge in [0.1, 0.15) is 5.82 Å². The van der Waals surface area contributed by atoms with Crippen LogP contribution < -0.4 is 5.73 Å². The highest BCUT2D eigenvalue weighted by Gasteiger charge is 2.32. The highest BCUT2D eigenvalue weighted by molar-refractivity contribution is 5.92. The summed E-state index contributed by atoms with van der Waals surface area (Å²) in [6.07, 6.45) is 3.71. The minimum absolute atomic E-state index is 0.170. The third-order valence-electron chi connectivity index (χ3n) is 3.88. The number of amides is 1. The molecule has 110 valence electrons. The van der Waals surface area contributed by atoms with E-state index in [1.165, 1.54) is 6.07 Å². The number of nitrogens with zero attached hydrogens (tertiary/aromatic N) is 1. The van der Waals surface area contributed by atoms with Crippen LogP contribution in [0.3, 0.4) is 0 Å². The smallest absolute Gasteiger partial charge is 0.248 e. The lowest BCUT2D eigenvalue weighted by Crippen LogP contribution is -2.38. The van der Waals surface area contributed by atoms with Crippen molar-refractivity contribution >= 4 is 5.91 Å². The Hall–Kier alpha value is -1.46. The van der Waals surface area contributed by atoms with Crippen molar-refractivity contribution in [2.24, 2.45) is 5.73 Å². The lowest BCUT2D eigenvalue weighted by molar-refractivity contribution is 0.0143. The van der Waals surface area contributed by atoms with Gasteiger partial charge in [0.15, 0.2) is 0 Å². The average molecular weight is 280 g/mol. The first-order chi connectivity index (χ1) is 9.39. The first-order valence-corrected chi connectivity index (χ1v) is 6.89. The van der Waals surface area contributed by atoms with E-state index in [-0.39, 0.29) is 5.56 Å². The van der Waals surface area contributed by atoms with Gasteiger partial charge in [-0.15, -0.1) is 0 Å². The summed E-state index contributed by atoms with van der Waals surface area (Å²) >= 11 is 0. The van der Waals surface area contributed by atoms with Crippen molar-refractivity contribution in [2.45, 2.75) is 37.8 Å². The molecule has 1 fully saturated rings. The molecule has 4 nitrogen and oxygen atoms in total. The highest BCUT2D eigenvalue weighted by Crippen LogP contribution is 2.30. The summed E-state index contributed by atoms with van der Waals surface area (Å²) in [5.74, 6) is -1.07. The zero-order valence-electron chi connectivity index (χ0n) is 11.7. The maximum atomic E-state index is 13.9. The zero-order valence-corrected chi connectivity index (χ0v) is 11.7. The SMILES string of the molecule is CN(Cc1ccc(C(N)=O)cc1F)CC1(O)CCCC1. The molecule has 20 heavy (non-hydrogen) atoms. The molecule has 0 atom stereocenters. The Morgan fingerprint density at radius 2 is 2.10 bits per heavy atom. The summed E-state index contributed by atoms with van der Waals surface area (Å²) in [5, 5.41) is 10.3. The first-order valence-electron chi connectivity index (χ1n) is 6.89. The molecule has 0 aromatic heterocycles. The van der Waals surface area contributed by atoms with Crippen LogP contribution in [-0.4, -0.2) is 35.1 Å². The van der Waals surface area contributed by atoms with Crippen LogP contribution in [-0.2, 0) is 6.54 Å². The van der Waals surface area contributed by atoms with Crippen LogP contribution in [0.4, 0.5) is 4.39 Å². The van der Waals surface area contributed by atoms with E-state index in [0.717, 1.165) is 31.7 Å². The van der Waals surface area contributed by atoms with Gasteiger partial charge in [-0.25, -0.2) is 4.39 Å². The Kier molecular flexibility index (Phi) is 4.40. The fourth-order valence-electron chi connectivity index (χ4n) is 2.87. The predicted molar refractivity (Wildman–Crippen MR) is 74.7 cm³/mol. The number of hydrogen-bond acceptors (Lipinski definition) is 3. The molecule has 1 amide bonds. The third kappa shape index (κ3) is 3.55. The van der Waals surface area contributed by atoms with Gasteiger partial charge < -0.3 is 10.8 Å². The minimum Gasteiger partial charge on any atom is -0.389 e. The average Bonchev–Trinajstić information content (AvgIpc) is 2.77. The summed E-state index contributed by atoms with van der Waals surface area (Å²) in [6, 6.07) is 4.26. The van der Waals surface area contributed by atoms with Crippen LogP contribution >= 0.6 is 0 Å². The number of halogens is 1. The monoisotopic (exact) mass is 280 g/mol. The normalized spacial score (nSPS) is 17.6. The van der Waals surface area contributed by atoms with E-state index >= 15 is 0 Å². The summed E-state index contributed by atoms with van der Waals surface area (Å²) < 4.78 is 13.9. The predicted octanol–water partition coefficient (Wildman–Crippen LogP) is 1.66. The van der Waals surface area contributed by atoms with Crippen LogP contribution in [0.5, 0.6) is 0 Å². The van der Waals surface area contributed by atoms with E-state index < -0.39 is 17.3 Å². The Morgan fingerprint density at radius 1 is 1.45 bits per heavy atom. The molecule has 0 spiro atoms. The number of carbonyl (C=O) groups excluding carboxylic acids is 1. The quantitative estimate of drug-likeness (QED) is 0.862. The summed E-state index contributed by atoms with van der Waals surface area (Å²) in [4.78, 5) is 12.9.